The molecule has 0 aliphatic rings. The van der Waals surface area contributed by atoms with Crippen molar-refractivity contribution in [2.45, 2.75) is 38.2 Å². The Morgan fingerprint density at radius 3 is 1.00 bits per heavy atom. The minimum absolute atomic E-state index is 0. The van der Waals surface area contributed by atoms with Gasteiger partial charge in [0.25, 0.3) is 0 Å². The molecule has 10 heteroatoms. The van der Waals surface area contributed by atoms with Crippen LogP contribution in [0.5, 0.6) is 0 Å². The van der Waals surface area contributed by atoms with E-state index in [2.05, 4.69) is 27.7 Å². The SMILES string of the molecule is CC(C)SSC(C)C.O=P([O-])([O-])[O-].[Na+].[Na+].[Na+]. The van der Waals surface area contributed by atoms with Crippen LogP contribution in [0.2, 0.25) is 0 Å². The number of hydrogen-bond acceptors (Lipinski definition) is 6. The van der Waals surface area contributed by atoms with Gasteiger partial charge in [0.2, 0.25) is 0 Å². The van der Waals surface area contributed by atoms with Crippen molar-refractivity contribution in [2.24, 2.45) is 0 Å². The zero-order valence-corrected chi connectivity index (χ0v) is 19.6. The molecule has 82 valence electrons. The fraction of sp³-hybridized carbons (Fsp3) is 1.00. The Morgan fingerprint density at radius 2 is 0.938 bits per heavy atom. The summed E-state index contributed by atoms with van der Waals surface area (Å²) in [4.78, 5) is 25.6. The first-order valence-electron chi connectivity index (χ1n) is 3.68. The molecule has 0 aromatic carbocycles. The van der Waals surface area contributed by atoms with Crippen LogP contribution < -0.4 is 103 Å². The molecule has 0 atom stereocenters. The van der Waals surface area contributed by atoms with Gasteiger partial charge in [0.05, 0.1) is 0 Å². The van der Waals surface area contributed by atoms with Crippen molar-refractivity contribution in [1.82, 2.24) is 0 Å². The van der Waals surface area contributed by atoms with Crippen LogP contribution in [0.3, 0.4) is 0 Å². The first-order chi connectivity index (χ1) is 5.63. The smallest absolute Gasteiger partial charge is 0.822 e. The maximum atomic E-state index is 8.55. The van der Waals surface area contributed by atoms with Gasteiger partial charge >= 0.3 is 88.7 Å². The third kappa shape index (κ3) is 64.8. The van der Waals surface area contributed by atoms with Gasteiger partial charge in [-0.1, -0.05) is 49.3 Å². The molecule has 0 saturated carbocycles. The van der Waals surface area contributed by atoms with Gasteiger partial charge in [-0.25, -0.2) is 0 Å². The minimum atomic E-state index is -5.39. The van der Waals surface area contributed by atoms with Crippen LogP contribution >= 0.6 is 29.4 Å². The average Bonchev–Trinajstić information content (AvgIpc) is 1.79. The predicted molar refractivity (Wildman–Crippen MR) is 53.1 cm³/mol. The molecule has 0 spiro atoms. The van der Waals surface area contributed by atoms with E-state index in [9.17, 15) is 0 Å². The molecule has 0 N–H and O–H groups in total. The zero-order chi connectivity index (χ0) is 11.1. The van der Waals surface area contributed by atoms with E-state index in [-0.39, 0.29) is 88.7 Å². The van der Waals surface area contributed by atoms with Crippen molar-refractivity contribution >= 4 is 29.4 Å². The average molecular weight is 314 g/mol. The van der Waals surface area contributed by atoms with Gasteiger partial charge in [0, 0.05) is 10.5 Å². The Kier molecular flexibility index (Phi) is 37.6. The van der Waals surface area contributed by atoms with Crippen molar-refractivity contribution < 1.29 is 108 Å². The largest absolute Gasteiger partial charge is 1.00 e. The predicted octanol–water partition coefficient (Wildman–Crippen LogP) is -8.63. The minimum Gasteiger partial charge on any atom is -0.822 e. The van der Waals surface area contributed by atoms with Crippen LogP contribution in [0, 0.1) is 0 Å². The van der Waals surface area contributed by atoms with Crippen LogP contribution in [0.25, 0.3) is 0 Å². The Bertz CT molecular complexity index is 152. The molecule has 0 aromatic rings. The molecular formula is C6H14Na3O4PS2. The molecule has 0 bridgehead atoms. The van der Waals surface area contributed by atoms with Gasteiger partial charge in [0.15, 0.2) is 0 Å². The third-order valence-electron chi connectivity index (χ3n) is 0.440. The van der Waals surface area contributed by atoms with E-state index in [0.717, 1.165) is 10.5 Å². The number of phosphoric acid groups is 1. The van der Waals surface area contributed by atoms with E-state index in [1.54, 1.807) is 0 Å². The summed E-state index contributed by atoms with van der Waals surface area (Å²) in [6.45, 7) is 8.89. The number of rotatable bonds is 3. The summed E-state index contributed by atoms with van der Waals surface area (Å²) < 4.78 is 8.55. The summed E-state index contributed by atoms with van der Waals surface area (Å²) in [6, 6.07) is 0. The van der Waals surface area contributed by atoms with Gasteiger partial charge < -0.3 is 19.2 Å². The summed E-state index contributed by atoms with van der Waals surface area (Å²) in [5.41, 5.74) is 0. The van der Waals surface area contributed by atoms with Crippen LogP contribution in [0.4, 0.5) is 0 Å². The molecule has 0 fully saturated rings. The first kappa shape index (κ1) is 32.0. The van der Waals surface area contributed by atoms with Crippen molar-refractivity contribution in [3.63, 3.8) is 0 Å². The second kappa shape index (κ2) is 18.8. The Labute approximate surface area is 172 Å². The fourth-order valence-electron chi connectivity index (χ4n) is 0.222. The van der Waals surface area contributed by atoms with E-state index >= 15 is 0 Å². The van der Waals surface area contributed by atoms with Gasteiger partial charge in [-0.2, -0.15) is 7.82 Å². The van der Waals surface area contributed by atoms with Crippen LogP contribution in [-0.2, 0) is 4.57 Å². The van der Waals surface area contributed by atoms with Crippen molar-refractivity contribution in [1.29, 1.82) is 0 Å². The standard InChI is InChI=1S/C6H14S2.3Na.H3O4P/c1-5(2)7-8-6(3)4;;;;1-5(2,3)4/h5-6H,1-4H3;;;;(H3,1,2,3,4)/q;3*+1;/p-3. The second-order valence-electron chi connectivity index (χ2n) is 2.74. The molecule has 0 aromatic heterocycles. The molecule has 0 heterocycles. The maximum Gasteiger partial charge on any atom is 1.00 e. The summed E-state index contributed by atoms with van der Waals surface area (Å²) >= 11 is 0. The second-order valence-corrected chi connectivity index (χ2v) is 7.06. The zero-order valence-electron chi connectivity index (χ0n) is 11.1. The molecule has 0 aliphatic carbocycles. The number of hydrogen-bond donors (Lipinski definition) is 0. The monoisotopic (exact) mass is 314 g/mol. The molecule has 4 nitrogen and oxygen atoms in total. The Hall–Kier alpha value is 3.81. The molecule has 0 saturated heterocycles. The van der Waals surface area contributed by atoms with E-state index in [4.69, 9.17) is 19.2 Å². The van der Waals surface area contributed by atoms with E-state index < -0.39 is 7.82 Å². The van der Waals surface area contributed by atoms with Crippen molar-refractivity contribution in [3.8, 4) is 0 Å². The maximum absolute atomic E-state index is 8.55. The van der Waals surface area contributed by atoms with Gasteiger partial charge in [-0.3, -0.25) is 0 Å². The van der Waals surface area contributed by atoms with Gasteiger partial charge in [-0.05, 0) is 0 Å². The first-order valence-corrected chi connectivity index (χ1v) is 7.41. The molecule has 0 amide bonds. The van der Waals surface area contributed by atoms with E-state index in [0.29, 0.717) is 0 Å². The summed E-state index contributed by atoms with van der Waals surface area (Å²) in [5.74, 6) is 0. The van der Waals surface area contributed by atoms with Crippen molar-refractivity contribution in [3.05, 3.63) is 0 Å². The van der Waals surface area contributed by atoms with Gasteiger partial charge in [0.1, 0.15) is 0 Å². The van der Waals surface area contributed by atoms with Crippen LogP contribution in [0.1, 0.15) is 27.7 Å². The molecule has 0 unspecified atom stereocenters. The van der Waals surface area contributed by atoms with Gasteiger partial charge in [-0.15, -0.1) is 0 Å². The molecule has 0 radical (unpaired) electrons. The topological polar surface area (TPSA) is 86.2 Å². The summed E-state index contributed by atoms with van der Waals surface area (Å²) in [7, 11) is -1.48. The molecular weight excluding hydrogens is 300 g/mol. The molecule has 0 rings (SSSR count). The Balaban J connectivity index is -0.0000000454. The van der Waals surface area contributed by atoms with E-state index in [1.165, 1.54) is 0 Å². The Morgan fingerprint density at radius 1 is 0.812 bits per heavy atom. The molecule has 16 heavy (non-hydrogen) atoms. The van der Waals surface area contributed by atoms with Crippen molar-refractivity contribution in [2.75, 3.05) is 0 Å². The van der Waals surface area contributed by atoms with Crippen LogP contribution in [0.15, 0.2) is 0 Å². The third-order valence-corrected chi connectivity index (χ3v) is 3.96. The summed E-state index contributed by atoms with van der Waals surface area (Å²) in [5, 5.41) is 1.53. The van der Waals surface area contributed by atoms with E-state index in [1.807, 2.05) is 21.6 Å². The van der Waals surface area contributed by atoms with Crippen LogP contribution in [-0.4, -0.2) is 10.5 Å². The quantitative estimate of drug-likeness (QED) is 0.292. The normalized spacial score (nSPS) is 9.31. The molecule has 0 aliphatic heterocycles. The fourth-order valence-corrected chi connectivity index (χ4v) is 2.00. The summed E-state index contributed by atoms with van der Waals surface area (Å²) in [6.07, 6.45) is 0.